The molecular weight excluding hydrogens is 376 g/mol. The van der Waals surface area contributed by atoms with Crippen LogP contribution < -0.4 is 5.32 Å². The van der Waals surface area contributed by atoms with Crippen LogP contribution in [0.5, 0.6) is 0 Å². The summed E-state index contributed by atoms with van der Waals surface area (Å²) in [5.74, 6) is 1.48. The molecule has 2 amide bonds. The lowest BCUT2D eigenvalue weighted by Gasteiger charge is -2.38. The van der Waals surface area contributed by atoms with Crippen LogP contribution in [-0.4, -0.2) is 78.6 Å². The van der Waals surface area contributed by atoms with Crippen LogP contribution >= 0.6 is 11.3 Å². The Bertz CT molecular complexity index is 697. The molecule has 2 aliphatic heterocycles. The first-order chi connectivity index (χ1) is 13.6. The minimum absolute atomic E-state index is 0.0706. The van der Waals surface area contributed by atoms with Crippen molar-refractivity contribution in [3.05, 3.63) is 16.1 Å². The number of carbonyl (C=O) groups is 2. The van der Waals surface area contributed by atoms with Crippen LogP contribution in [0.4, 0.5) is 0 Å². The molecule has 0 radical (unpaired) electrons. The number of aromatic nitrogens is 1. The van der Waals surface area contributed by atoms with E-state index in [2.05, 4.69) is 15.2 Å². The third kappa shape index (κ3) is 5.10. The number of likely N-dealkylation sites (tertiary alicyclic amines) is 1. The second kappa shape index (κ2) is 8.88. The van der Waals surface area contributed by atoms with Crippen molar-refractivity contribution in [2.75, 3.05) is 45.9 Å². The van der Waals surface area contributed by atoms with Gasteiger partial charge in [0.2, 0.25) is 5.91 Å². The predicted molar refractivity (Wildman–Crippen MR) is 107 cm³/mol. The molecule has 1 N–H and O–H groups in total. The minimum Gasteiger partial charge on any atom is -0.365 e. The molecule has 2 saturated heterocycles. The summed E-state index contributed by atoms with van der Waals surface area (Å²) in [6, 6.07) is 0. The van der Waals surface area contributed by atoms with Gasteiger partial charge in [0.1, 0.15) is 11.5 Å². The van der Waals surface area contributed by atoms with E-state index in [0.29, 0.717) is 23.9 Å². The van der Waals surface area contributed by atoms with Crippen molar-refractivity contribution in [3.63, 3.8) is 0 Å². The van der Waals surface area contributed by atoms with Crippen molar-refractivity contribution in [1.82, 2.24) is 20.1 Å². The quantitative estimate of drug-likeness (QED) is 0.743. The minimum atomic E-state index is -0.148. The SMILES string of the molecule is Cc1ncsc1C(=O)NCC1CN(CC2CCN(CC3CC3)CC2)C(=O)CO1. The number of ether oxygens (including phenoxy) is 1. The van der Waals surface area contributed by atoms with Gasteiger partial charge in [0.15, 0.2) is 0 Å². The highest BCUT2D eigenvalue weighted by Crippen LogP contribution is 2.31. The molecule has 1 saturated carbocycles. The second-order valence-corrected chi connectivity index (χ2v) is 9.25. The van der Waals surface area contributed by atoms with Crippen LogP contribution in [0.1, 0.15) is 41.0 Å². The highest BCUT2D eigenvalue weighted by Gasteiger charge is 2.31. The second-order valence-electron chi connectivity index (χ2n) is 8.40. The van der Waals surface area contributed by atoms with Crippen molar-refractivity contribution < 1.29 is 14.3 Å². The Kier molecular flexibility index (Phi) is 6.28. The van der Waals surface area contributed by atoms with Crippen LogP contribution in [0, 0.1) is 18.8 Å². The molecule has 154 valence electrons. The molecule has 0 aromatic carbocycles. The van der Waals surface area contributed by atoms with Crippen molar-refractivity contribution in [3.8, 4) is 0 Å². The van der Waals surface area contributed by atoms with E-state index < -0.39 is 0 Å². The van der Waals surface area contributed by atoms with Gasteiger partial charge >= 0.3 is 0 Å². The van der Waals surface area contributed by atoms with Gasteiger partial charge in [0, 0.05) is 26.2 Å². The van der Waals surface area contributed by atoms with E-state index in [4.69, 9.17) is 4.74 Å². The van der Waals surface area contributed by atoms with Crippen LogP contribution in [0.25, 0.3) is 0 Å². The lowest BCUT2D eigenvalue weighted by molar-refractivity contribution is -0.149. The zero-order chi connectivity index (χ0) is 19.5. The van der Waals surface area contributed by atoms with Gasteiger partial charge in [0.05, 0.1) is 17.3 Å². The summed E-state index contributed by atoms with van der Waals surface area (Å²) in [6.45, 7) is 7.32. The molecule has 1 aliphatic carbocycles. The van der Waals surface area contributed by atoms with Crippen LogP contribution in [-0.2, 0) is 9.53 Å². The summed E-state index contributed by atoms with van der Waals surface area (Å²) in [5, 5.41) is 2.93. The summed E-state index contributed by atoms with van der Waals surface area (Å²) in [7, 11) is 0. The third-order valence-electron chi connectivity index (χ3n) is 6.06. The fraction of sp³-hybridized carbons (Fsp3) is 0.750. The van der Waals surface area contributed by atoms with E-state index in [-0.39, 0.29) is 24.5 Å². The molecule has 3 aliphatic rings. The summed E-state index contributed by atoms with van der Waals surface area (Å²) in [4.78, 5) is 33.9. The third-order valence-corrected chi connectivity index (χ3v) is 6.99. The molecule has 1 aromatic heterocycles. The molecule has 28 heavy (non-hydrogen) atoms. The van der Waals surface area contributed by atoms with E-state index in [1.807, 2.05) is 11.8 Å². The van der Waals surface area contributed by atoms with Gasteiger partial charge in [-0.2, -0.15) is 0 Å². The maximum Gasteiger partial charge on any atom is 0.263 e. The van der Waals surface area contributed by atoms with Gasteiger partial charge in [-0.1, -0.05) is 0 Å². The number of rotatable bonds is 7. The highest BCUT2D eigenvalue weighted by atomic mass is 32.1. The van der Waals surface area contributed by atoms with Gasteiger partial charge < -0.3 is 19.9 Å². The smallest absolute Gasteiger partial charge is 0.263 e. The molecule has 3 heterocycles. The number of nitrogens with zero attached hydrogens (tertiary/aromatic N) is 3. The Morgan fingerprint density at radius 1 is 1.25 bits per heavy atom. The highest BCUT2D eigenvalue weighted by molar-refractivity contribution is 7.11. The van der Waals surface area contributed by atoms with Gasteiger partial charge in [-0.15, -0.1) is 11.3 Å². The topological polar surface area (TPSA) is 74.8 Å². The Hall–Kier alpha value is -1.51. The molecule has 1 unspecified atom stereocenters. The number of thiazole rings is 1. The summed E-state index contributed by atoms with van der Waals surface area (Å²) < 4.78 is 5.65. The number of nitrogens with one attached hydrogen (secondary N) is 1. The zero-order valence-corrected chi connectivity index (χ0v) is 17.4. The number of morpholine rings is 1. The maximum atomic E-state index is 12.3. The Morgan fingerprint density at radius 3 is 2.68 bits per heavy atom. The molecule has 1 aromatic rings. The lowest BCUT2D eigenvalue weighted by Crippen LogP contribution is -2.52. The van der Waals surface area contributed by atoms with Crippen molar-refractivity contribution in [1.29, 1.82) is 0 Å². The average Bonchev–Trinajstić information content (AvgIpc) is 3.41. The molecule has 3 fully saturated rings. The van der Waals surface area contributed by atoms with Crippen molar-refractivity contribution in [2.24, 2.45) is 11.8 Å². The first-order valence-corrected chi connectivity index (χ1v) is 11.3. The molecule has 7 nitrogen and oxygen atoms in total. The largest absolute Gasteiger partial charge is 0.365 e. The molecule has 4 rings (SSSR count). The van der Waals surface area contributed by atoms with Gasteiger partial charge in [0.25, 0.3) is 5.91 Å². The molecule has 8 heteroatoms. The monoisotopic (exact) mass is 406 g/mol. The van der Waals surface area contributed by atoms with E-state index in [1.54, 1.807) is 5.51 Å². The number of carbonyl (C=O) groups excluding carboxylic acids is 2. The number of hydrogen-bond acceptors (Lipinski definition) is 6. The first kappa shape index (κ1) is 19.8. The van der Waals surface area contributed by atoms with Gasteiger partial charge in [-0.3, -0.25) is 9.59 Å². The maximum absolute atomic E-state index is 12.3. The van der Waals surface area contributed by atoms with Crippen molar-refractivity contribution in [2.45, 2.75) is 38.7 Å². The standard InChI is InChI=1S/C20H30N4O3S/c1-14-19(28-13-22-14)20(26)21-8-17-11-24(18(25)12-27-17)10-16-4-6-23(7-5-16)9-15-2-3-15/h13,15-17H,2-12H2,1H3,(H,21,26). The predicted octanol–water partition coefficient (Wildman–Crippen LogP) is 1.53. The number of aryl methyl sites for hydroxylation is 1. The van der Waals surface area contributed by atoms with E-state index >= 15 is 0 Å². The molecule has 0 bridgehead atoms. The number of amides is 2. The fourth-order valence-electron chi connectivity index (χ4n) is 4.12. The van der Waals surface area contributed by atoms with E-state index in [9.17, 15) is 9.59 Å². The fourth-order valence-corrected chi connectivity index (χ4v) is 4.83. The van der Waals surface area contributed by atoms with Crippen LogP contribution in [0.15, 0.2) is 5.51 Å². The normalized spacial score (nSPS) is 24.5. The average molecular weight is 407 g/mol. The summed E-state index contributed by atoms with van der Waals surface area (Å²) in [6.07, 6.45) is 5.00. The summed E-state index contributed by atoms with van der Waals surface area (Å²) >= 11 is 1.34. The summed E-state index contributed by atoms with van der Waals surface area (Å²) in [5.41, 5.74) is 2.43. The van der Waals surface area contributed by atoms with E-state index in [1.165, 1.54) is 43.6 Å². The number of piperidine rings is 1. The number of hydrogen-bond donors (Lipinski definition) is 1. The molecule has 0 spiro atoms. The first-order valence-electron chi connectivity index (χ1n) is 10.4. The Labute approximate surface area is 170 Å². The Balaban J connectivity index is 1.21. The zero-order valence-electron chi connectivity index (χ0n) is 16.6. The van der Waals surface area contributed by atoms with Crippen molar-refractivity contribution >= 4 is 23.2 Å². The Morgan fingerprint density at radius 2 is 2.00 bits per heavy atom. The molecule has 1 atom stereocenters. The van der Waals surface area contributed by atoms with E-state index in [0.717, 1.165) is 31.2 Å². The lowest BCUT2D eigenvalue weighted by atomic mass is 9.95. The van der Waals surface area contributed by atoms with Crippen LogP contribution in [0.3, 0.4) is 0 Å². The van der Waals surface area contributed by atoms with Crippen LogP contribution in [0.2, 0.25) is 0 Å². The van der Waals surface area contributed by atoms with Gasteiger partial charge in [-0.25, -0.2) is 4.98 Å². The molecular formula is C20H30N4O3S. The van der Waals surface area contributed by atoms with Gasteiger partial charge in [-0.05, 0) is 57.5 Å².